The van der Waals surface area contributed by atoms with Crippen LogP contribution in [0.25, 0.3) is 5.65 Å². The largest absolute Gasteiger partial charge is 0.381 e. The summed E-state index contributed by atoms with van der Waals surface area (Å²) in [7, 11) is 0. The van der Waals surface area contributed by atoms with Gasteiger partial charge in [0, 0.05) is 37.5 Å². The molecule has 1 saturated carbocycles. The first-order valence-corrected chi connectivity index (χ1v) is 7.82. The summed E-state index contributed by atoms with van der Waals surface area (Å²) in [5.74, 6) is 0.735. The molecule has 118 valence electrons. The van der Waals surface area contributed by atoms with Crippen LogP contribution in [0.4, 0.5) is 5.82 Å². The molecule has 4 rings (SSSR count). The van der Waals surface area contributed by atoms with Gasteiger partial charge in [0.05, 0.1) is 12.3 Å². The Hall–Kier alpha value is -1.80. The maximum Gasteiger partial charge on any atom is 0.221 e. The van der Waals surface area contributed by atoms with Crippen LogP contribution < -0.4 is 5.32 Å². The van der Waals surface area contributed by atoms with Gasteiger partial charge in [-0.25, -0.2) is 4.98 Å². The molecule has 8 heteroatoms. The lowest BCUT2D eigenvalue weighted by Crippen LogP contribution is -2.63. The predicted octanol–water partition coefficient (Wildman–Crippen LogP) is 0.905. The first kappa shape index (κ1) is 13.8. The van der Waals surface area contributed by atoms with E-state index in [1.54, 1.807) is 16.9 Å². The molecular formula is C14H20N6O2. The lowest BCUT2D eigenvalue weighted by Gasteiger charge is -2.57. The third-order valence-corrected chi connectivity index (χ3v) is 5.00. The Morgan fingerprint density at radius 3 is 3.14 bits per heavy atom. The highest BCUT2D eigenvalue weighted by atomic mass is 16.5. The van der Waals surface area contributed by atoms with Gasteiger partial charge in [0.2, 0.25) is 5.65 Å². The number of fused-ring (bicyclic) bond motifs is 1. The van der Waals surface area contributed by atoms with Crippen LogP contribution in [0, 0.1) is 5.41 Å². The topological polar surface area (TPSA) is 86.5 Å². The van der Waals surface area contributed by atoms with Crippen molar-refractivity contribution >= 4 is 11.5 Å². The van der Waals surface area contributed by atoms with E-state index in [9.17, 15) is 0 Å². The molecule has 0 aromatic carbocycles. The first-order chi connectivity index (χ1) is 10.8. The summed E-state index contributed by atoms with van der Waals surface area (Å²) in [6.45, 7) is 4.40. The summed E-state index contributed by atoms with van der Waals surface area (Å²) < 4.78 is 13.1. The van der Waals surface area contributed by atoms with E-state index >= 15 is 0 Å². The van der Waals surface area contributed by atoms with Crippen molar-refractivity contribution in [1.82, 2.24) is 25.0 Å². The van der Waals surface area contributed by atoms with Crippen LogP contribution in [0.3, 0.4) is 0 Å². The van der Waals surface area contributed by atoms with Gasteiger partial charge in [-0.05, 0) is 36.6 Å². The van der Waals surface area contributed by atoms with E-state index in [-0.39, 0.29) is 5.41 Å². The highest BCUT2D eigenvalue weighted by molar-refractivity contribution is 5.61. The number of hydrogen-bond donors (Lipinski definition) is 1. The number of hydrogen-bond acceptors (Lipinski definition) is 7. The van der Waals surface area contributed by atoms with Gasteiger partial charge < -0.3 is 14.8 Å². The molecule has 3 heterocycles. The zero-order valence-electron chi connectivity index (χ0n) is 12.6. The summed E-state index contributed by atoms with van der Waals surface area (Å²) >= 11 is 0. The third kappa shape index (κ3) is 2.05. The molecule has 1 saturated heterocycles. The zero-order valence-corrected chi connectivity index (χ0v) is 12.6. The second-order valence-electron chi connectivity index (χ2n) is 5.95. The van der Waals surface area contributed by atoms with Gasteiger partial charge in [-0.3, -0.25) is 0 Å². The highest BCUT2D eigenvalue weighted by Gasteiger charge is 2.56. The first-order valence-electron chi connectivity index (χ1n) is 7.82. The second kappa shape index (κ2) is 5.44. The molecule has 1 aliphatic carbocycles. The molecule has 1 spiro atoms. The van der Waals surface area contributed by atoms with Crippen molar-refractivity contribution < 1.29 is 9.47 Å². The number of ether oxygens (including phenoxy) is 2. The molecule has 0 bridgehead atoms. The van der Waals surface area contributed by atoms with Crippen molar-refractivity contribution in [2.45, 2.75) is 38.3 Å². The van der Waals surface area contributed by atoms with Crippen LogP contribution in [-0.2, 0) is 9.47 Å². The molecule has 0 radical (unpaired) electrons. The molecule has 8 nitrogen and oxygen atoms in total. The lowest BCUT2D eigenvalue weighted by molar-refractivity contribution is -0.159. The molecule has 2 aliphatic rings. The lowest BCUT2D eigenvalue weighted by atomic mass is 9.57. The Labute approximate surface area is 128 Å². The minimum Gasteiger partial charge on any atom is -0.381 e. The number of nitrogens with one attached hydrogen (secondary N) is 1. The van der Waals surface area contributed by atoms with Crippen molar-refractivity contribution in [2.75, 3.05) is 25.1 Å². The Balaban J connectivity index is 1.58. The molecule has 2 atom stereocenters. The van der Waals surface area contributed by atoms with Gasteiger partial charge >= 0.3 is 0 Å². The van der Waals surface area contributed by atoms with E-state index in [2.05, 4.69) is 32.7 Å². The Morgan fingerprint density at radius 1 is 1.45 bits per heavy atom. The fourth-order valence-electron chi connectivity index (χ4n) is 3.75. The summed E-state index contributed by atoms with van der Waals surface area (Å²) in [5.41, 5.74) is 0.792. The van der Waals surface area contributed by atoms with Gasteiger partial charge in [0.1, 0.15) is 0 Å². The Morgan fingerprint density at radius 2 is 2.32 bits per heavy atom. The summed E-state index contributed by atoms with van der Waals surface area (Å²) in [4.78, 5) is 4.40. The van der Waals surface area contributed by atoms with Gasteiger partial charge in [0.15, 0.2) is 5.82 Å². The molecule has 2 aromatic heterocycles. The van der Waals surface area contributed by atoms with Crippen molar-refractivity contribution in [3.63, 3.8) is 0 Å². The van der Waals surface area contributed by atoms with E-state index < -0.39 is 0 Å². The minimum absolute atomic E-state index is 0.135. The average molecular weight is 304 g/mol. The Bertz CT molecular complexity index is 654. The molecule has 22 heavy (non-hydrogen) atoms. The highest BCUT2D eigenvalue weighted by Crippen LogP contribution is 2.51. The quantitative estimate of drug-likeness (QED) is 0.898. The Kier molecular flexibility index (Phi) is 3.42. The van der Waals surface area contributed by atoms with Crippen molar-refractivity contribution in [2.24, 2.45) is 5.41 Å². The van der Waals surface area contributed by atoms with Crippen LogP contribution in [0.15, 0.2) is 12.4 Å². The van der Waals surface area contributed by atoms with Crippen LogP contribution >= 0.6 is 0 Å². The molecule has 0 amide bonds. The normalized spacial score (nSPS) is 27.0. The van der Waals surface area contributed by atoms with E-state index in [1.165, 1.54) is 0 Å². The maximum absolute atomic E-state index is 5.95. The number of rotatable bonds is 4. The zero-order chi connectivity index (χ0) is 15.0. The fraction of sp³-hybridized carbons (Fsp3) is 0.714. The number of tetrazole rings is 1. The third-order valence-electron chi connectivity index (χ3n) is 5.00. The van der Waals surface area contributed by atoms with E-state index in [0.717, 1.165) is 44.9 Å². The predicted molar refractivity (Wildman–Crippen MR) is 78.5 cm³/mol. The minimum atomic E-state index is 0.135. The average Bonchev–Trinajstić information content (AvgIpc) is 3.04. The van der Waals surface area contributed by atoms with Gasteiger partial charge in [0.25, 0.3) is 0 Å². The van der Waals surface area contributed by atoms with Crippen molar-refractivity contribution in [1.29, 1.82) is 0 Å². The summed E-state index contributed by atoms with van der Waals surface area (Å²) in [6, 6.07) is 0.323. The molecule has 2 aromatic rings. The monoisotopic (exact) mass is 304 g/mol. The smallest absolute Gasteiger partial charge is 0.221 e. The molecule has 1 aliphatic heterocycles. The van der Waals surface area contributed by atoms with Crippen LogP contribution in [0.2, 0.25) is 0 Å². The molecule has 1 N–H and O–H groups in total. The van der Waals surface area contributed by atoms with E-state index in [4.69, 9.17) is 9.47 Å². The standard InChI is InChI=1S/C14H20N6O2/c1-2-22-11-9-10(14(11)3-7-21-8-4-14)16-12-13-17-18-19-20(13)6-5-15-12/h5-6,10-11H,2-4,7-9H2,1H3,(H,15,16)/t10-,11-/m1/s1. The van der Waals surface area contributed by atoms with Crippen molar-refractivity contribution in [3.05, 3.63) is 12.4 Å². The van der Waals surface area contributed by atoms with E-state index in [0.29, 0.717) is 17.8 Å². The molecule has 0 unspecified atom stereocenters. The van der Waals surface area contributed by atoms with E-state index in [1.807, 2.05) is 0 Å². The van der Waals surface area contributed by atoms with Gasteiger partial charge in [-0.1, -0.05) is 0 Å². The summed E-state index contributed by atoms with van der Waals surface area (Å²) in [6.07, 6.45) is 6.77. The van der Waals surface area contributed by atoms with Crippen LogP contribution in [0.5, 0.6) is 0 Å². The fourth-order valence-corrected chi connectivity index (χ4v) is 3.75. The number of nitrogens with zero attached hydrogens (tertiary/aromatic N) is 5. The second-order valence-corrected chi connectivity index (χ2v) is 5.95. The number of aromatic nitrogens is 5. The van der Waals surface area contributed by atoms with Crippen LogP contribution in [0.1, 0.15) is 26.2 Å². The van der Waals surface area contributed by atoms with Crippen molar-refractivity contribution in [3.8, 4) is 0 Å². The molecule has 2 fully saturated rings. The SMILES string of the molecule is CCO[C@@H]1C[C@@H](Nc2nccn3nnnc23)C12CCOCC2. The maximum atomic E-state index is 5.95. The van der Waals surface area contributed by atoms with Gasteiger partial charge in [-0.15, -0.1) is 5.10 Å². The van der Waals surface area contributed by atoms with Gasteiger partial charge in [-0.2, -0.15) is 4.52 Å². The summed E-state index contributed by atoms with van der Waals surface area (Å²) in [5, 5.41) is 15.2. The number of anilines is 1. The van der Waals surface area contributed by atoms with Crippen LogP contribution in [-0.4, -0.2) is 57.0 Å². The molecular weight excluding hydrogens is 284 g/mol.